The summed E-state index contributed by atoms with van der Waals surface area (Å²) in [5, 5.41) is 10.8. The molecule has 4 aromatic rings. The van der Waals surface area contributed by atoms with Crippen LogP contribution < -0.4 is 4.90 Å². The third kappa shape index (κ3) is 7.19. The number of anilines is 1. The van der Waals surface area contributed by atoms with E-state index in [1.54, 1.807) is 6.21 Å². The SMILES string of the molecule is CCS/C(N=C1SC(=Nc2ccccc2)C(=Nc2ccccc2)N1c1ccccc1)=N\N=C\c1ccccc1. The molecule has 8 heteroatoms. The summed E-state index contributed by atoms with van der Waals surface area (Å²) >= 11 is 3.00. The van der Waals surface area contributed by atoms with Gasteiger partial charge < -0.3 is 0 Å². The number of hydrogen-bond donors (Lipinski definition) is 0. The zero-order chi connectivity index (χ0) is 26.7. The van der Waals surface area contributed by atoms with Gasteiger partial charge >= 0.3 is 0 Å². The lowest BCUT2D eigenvalue weighted by molar-refractivity contribution is 1.25. The minimum absolute atomic E-state index is 0.563. The molecule has 0 bridgehead atoms. The Hall–Kier alpha value is -4.27. The van der Waals surface area contributed by atoms with Crippen molar-refractivity contribution in [3.8, 4) is 0 Å². The fraction of sp³-hybridized carbons (Fsp3) is 0.0645. The predicted molar refractivity (Wildman–Crippen MR) is 171 cm³/mol. The van der Waals surface area contributed by atoms with Gasteiger partial charge in [0.15, 0.2) is 11.0 Å². The number of rotatable bonds is 6. The van der Waals surface area contributed by atoms with Gasteiger partial charge in [-0.2, -0.15) is 10.1 Å². The first-order valence-corrected chi connectivity index (χ1v) is 14.3. The number of para-hydroxylation sites is 3. The average molecular weight is 547 g/mol. The van der Waals surface area contributed by atoms with E-state index in [4.69, 9.17) is 15.0 Å². The molecule has 0 unspecified atom stereocenters. The van der Waals surface area contributed by atoms with Crippen molar-refractivity contribution in [3.63, 3.8) is 0 Å². The van der Waals surface area contributed by atoms with Crippen molar-refractivity contribution in [2.75, 3.05) is 10.7 Å². The van der Waals surface area contributed by atoms with E-state index in [1.165, 1.54) is 23.5 Å². The molecule has 1 heterocycles. The van der Waals surface area contributed by atoms with Gasteiger partial charge in [0.05, 0.1) is 17.6 Å². The molecule has 0 saturated carbocycles. The Morgan fingerprint density at radius 3 is 1.92 bits per heavy atom. The Morgan fingerprint density at radius 2 is 1.31 bits per heavy atom. The standard InChI is InChI=1S/C31H26N6S2/c1-2-38-30(36-32-23-24-15-7-3-8-16-24)35-31-37(27-21-13-6-14-22-27)28(33-25-17-9-4-10-18-25)29(39-31)34-26-19-11-5-12-20-26/h3-23H,2H2,1H3/b32-23+,33-28?,34-29?,35-31?,36-30-. The number of benzene rings is 4. The predicted octanol–water partition coefficient (Wildman–Crippen LogP) is 8.20. The second-order valence-corrected chi connectivity index (χ2v) is 10.3. The summed E-state index contributed by atoms with van der Waals surface area (Å²) in [7, 11) is 0. The highest BCUT2D eigenvalue weighted by molar-refractivity contribution is 8.29. The molecule has 1 saturated heterocycles. The first kappa shape index (κ1) is 26.3. The van der Waals surface area contributed by atoms with Crippen LogP contribution in [0.3, 0.4) is 0 Å². The molecule has 0 atom stereocenters. The number of thioether (sulfide) groups is 2. The van der Waals surface area contributed by atoms with Crippen LogP contribution >= 0.6 is 23.5 Å². The molecule has 39 heavy (non-hydrogen) atoms. The Bertz CT molecular complexity index is 1520. The van der Waals surface area contributed by atoms with Crippen molar-refractivity contribution in [1.82, 2.24) is 0 Å². The van der Waals surface area contributed by atoms with Crippen LogP contribution in [0.5, 0.6) is 0 Å². The zero-order valence-corrected chi connectivity index (χ0v) is 23.0. The first-order valence-electron chi connectivity index (χ1n) is 12.5. The number of aliphatic imine (C=N–C) groups is 3. The van der Waals surface area contributed by atoms with E-state index in [9.17, 15) is 0 Å². The smallest absolute Gasteiger partial charge is 0.211 e. The second kappa shape index (κ2) is 13.5. The Balaban J connectivity index is 1.61. The lowest BCUT2D eigenvalue weighted by atomic mass is 10.2. The molecular weight excluding hydrogens is 521 g/mol. The van der Waals surface area contributed by atoms with E-state index in [1.807, 2.05) is 126 Å². The van der Waals surface area contributed by atoms with Gasteiger partial charge in [0, 0.05) is 5.69 Å². The van der Waals surface area contributed by atoms with E-state index in [-0.39, 0.29) is 0 Å². The Kier molecular flexibility index (Phi) is 9.12. The van der Waals surface area contributed by atoms with Crippen LogP contribution in [0, 0.1) is 0 Å². The van der Waals surface area contributed by atoms with Gasteiger partial charge in [-0.15, -0.1) is 5.10 Å². The van der Waals surface area contributed by atoms with Crippen molar-refractivity contribution in [1.29, 1.82) is 0 Å². The quantitative estimate of drug-likeness (QED) is 0.139. The minimum Gasteiger partial charge on any atom is -0.271 e. The highest BCUT2D eigenvalue weighted by Crippen LogP contribution is 2.33. The van der Waals surface area contributed by atoms with Gasteiger partial charge in [-0.05, 0) is 59.5 Å². The molecule has 0 aromatic heterocycles. The van der Waals surface area contributed by atoms with Crippen molar-refractivity contribution in [3.05, 3.63) is 127 Å². The highest BCUT2D eigenvalue weighted by Gasteiger charge is 2.35. The molecule has 4 aromatic carbocycles. The summed E-state index contributed by atoms with van der Waals surface area (Å²) in [6, 6.07) is 39.8. The van der Waals surface area contributed by atoms with Crippen LogP contribution in [0.4, 0.5) is 17.1 Å². The fourth-order valence-corrected chi connectivity index (χ4v) is 5.18. The molecule has 0 aliphatic carbocycles. The van der Waals surface area contributed by atoms with E-state index in [2.05, 4.69) is 17.1 Å². The molecular formula is C31H26N6S2. The van der Waals surface area contributed by atoms with Crippen LogP contribution in [0.2, 0.25) is 0 Å². The minimum atomic E-state index is 0.563. The zero-order valence-electron chi connectivity index (χ0n) is 21.3. The van der Waals surface area contributed by atoms with E-state index in [0.717, 1.165) is 33.4 Å². The maximum Gasteiger partial charge on any atom is 0.211 e. The molecule has 6 nitrogen and oxygen atoms in total. The molecule has 5 rings (SSSR count). The van der Waals surface area contributed by atoms with Gasteiger partial charge in [0.2, 0.25) is 5.17 Å². The molecule has 1 aliphatic rings. The lowest BCUT2D eigenvalue weighted by Gasteiger charge is -2.18. The summed E-state index contributed by atoms with van der Waals surface area (Å²) < 4.78 is 0. The third-order valence-electron chi connectivity index (χ3n) is 5.39. The lowest BCUT2D eigenvalue weighted by Crippen LogP contribution is -2.31. The molecule has 0 N–H and O–H groups in total. The fourth-order valence-electron chi connectivity index (χ4n) is 3.64. The summed E-state index contributed by atoms with van der Waals surface area (Å²) in [6.45, 7) is 2.07. The molecule has 0 amide bonds. The largest absolute Gasteiger partial charge is 0.271 e. The van der Waals surface area contributed by atoms with Crippen LogP contribution in [-0.4, -0.2) is 33.2 Å². The van der Waals surface area contributed by atoms with Gasteiger partial charge in [0.1, 0.15) is 5.04 Å². The molecule has 1 fully saturated rings. The van der Waals surface area contributed by atoms with Crippen LogP contribution in [0.1, 0.15) is 12.5 Å². The topological polar surface area (TPSA) is 65.0 Å². The monoisotopic (exact) mass is 546 g/mol. The second-order valence-electron chi connectivity index (χ2n) is 8.16. The van der Waals surface area contributed by atoms with Gasteiger partial charge in [-0.25, -0.2) is 9.98 Å². The summed E-state index contributed by atoms with van der Waals surface area (Å²) in [5.74, 6) is 1.51. The molecule has 192 valence electrons. The summed E-state index contributed by atoms with van der Waals surface area (Å²) in [5.41, 5.74) is 3.59. The van der Waals surface area contributed by atoms with Crippen molar-refractivity contribution in [2.24, 2.45) is 25.2 Å². The van der Waals surface area contributed by atoms with E-state index >= 15 is 0 Å². The Labute approximate surface area is 237 Å². The normalized spacial score (nSPS) is 17.1. The maximum atomic E-state index is 5.03. The summed E-state index contributed by atoms with van der Waals surface area (Å²) in [4.78, 5) is 17.0. The van der Waals surface area contributed by atoms with Gasteiger partial charge in [-0.1, -0.05) is 104 Å². The number of nitrogens with zero attached hydrogens (tertiary/aromatic N) is 6. The first-order chi connectivity index (χ1) is 19.3. The van der Waals surface area contributed by atoms with E-state index < -0.39 is 0 Å². The average Bonchev–Trinajstić information content (AvgIpc) is 3.30. The number of amidine groups is 3. The Morgan fingerprint density at radius 1 is 0.744 bits per heavy atom. The van der Waals surface area contributed by atoms with Crippen molar-refractivity contribution >= 4 is 68.0 Å². The molecule has 1 aliphatic heterocycles. The third-order valence-corrected chi connectivity index (χ3v) is 7.03. The molecule has 0 spiro atoms. The summed E-state index contributed by atoms with van der Waals surface area (Å²) in [6.07, 6.45) is 1.73. The molecule has 0 radical (unpaired) electrons. The maximum absolute atomic E-state index is 5.03. The van der Waals surface area contributed by atoms with Crippen LogP contribution in [0.25, 0.3) is 0 Å². The van der Waals surface area contributed by atoms with Gasteiger partial charge in [0.25, 0.3) is 0 Å². The van der Waals surface area contributed by atoms with Crippen molar-refractivity contribution < 1.29 is 0 Å². The highest BCUT2D eigenvalue weighted by atomic mass is 32.2. The van der Waals surface area contributed by atoms with Crippen molar-refractivity contribution in [2.45, 2.75) is 6.92 Å². The van der Waals surface area contributed by atoms with E-state index in [0.29, 0.717) is 16.2 Å². The van der Waals surface area contributed by atoms with Crippen LogP contribution in [0.15, 0.2) is 147 Å². The van der Waals surface area contributed by atoms with Gasteiger partial charge in [-0.3, -0.25) is 4.90 Å². The van der Waals surface area contributed by atoms with Crippen LogP contribution in [-0.2, 0) is 0 Å². The number of hydrogen-bond acceptors (Lipinski definition) is 6.